The summed E-state index contributed by atoms with van der Waals surface area (Å²) in [4.78, 5) is 50.2. The Morgan fingerprint density at radius 2 is 0.426 bits per heavy atom. The van der Waals surface area contributed by atoms with Crippen molar-refractivity contribution in [3.05, 3.63) is 510 Å². The first kappa shape index (κ1) is 85.6. The molecular formula is C132H84N16. The summed E-state index contributed by atoms with van der Waals surface area (Å²) < 4.78 is 13.5. The molecule has 0 unspecified atom stereocenters. The predicted octanol–water partition coefficient (Wildman–Crippen LogP) is 32.1. The minimum atomic E-state index is 0.550. The summed E-state index contributed by atoms with van der Waals surface area (Å²) in [5.74, 6) is 3.93. The van der Waals surface area contributed by atoms with E-state index in [0.29, 0.717) is 29.4 Å². The van der Waals surface area contributed by atoms with Crippen LogP contribution in [0.15, 0.2) is 510 Å². The van der Waals surface area contributed by atoms with E-state index in [1.54, 1.807) is 0 Å². The smallest absolute Gasteiger partial charge is 0.238 e. The van der Waals surface area contributed by atoms with Gasteiger partial charge in [0.2, 0.25) is 11.9 Å². The maximum Gasteiger partial charge on any atom is 0.238 e. The van der Waals surface area contributed by atoms with Gasteiger partial charge in [-0.25, -0.2) is 24.9 Å². The summed E-state index contributed by atoms with van der Waals surface area (Å²) in [6, 6.07) is 171. The highest BCUT2D eigenvalue weighted by molar-refractivity contribution is 6.16. The quantitative estimate of drug-likeness (QED) is 0.103. The van der Waals surface area contributed by atoms with Crippen LogP contribution >= 0.6 is 0 Å². The molecule has 0 aliphatic rings. The van der Waals surface area contributed by atoms with Crippen molar-refractivity contribution >= 4 is 142 Å². The summed E-state index contributed by atoms with van der Waals surface area (Å²) in [6.45, 7) is 0. The Morgan fingerprint density at radius 3 is 0.845 bits per heavy atom. The average molecular weight is 1890 g/mol. The van der Waals surface area contributed by atoms with Crippen LogP contribution in [0.25, 0.3) is 267 Å². The number of hydrogen-bond donors (Lipinski definition) is 0. The van der Waals surface area contributed by atoms with Gasteiger partial charge in [0.15, 0.2) is 17.5 Å². The van der Waals surface area contributed by atoms with Gasteiger partial charge >= 0.3 is 0 Å². The van der Waals surface area contributed by atoms with Crippen LogP contribution in [0, 0.1) is 0 Å². The van der Waals surface area contributed by atoms with E-state index in [9.17, 15) is 0 Å². The summed E-state index contributed by atoms with van der Waals surface area (Å²) in [5.41, 5.74) is 33.8. The Morgan fingerprint density at radius 1 is 0.149 bits per heavy atom. The normalized spacial score (nSPS) is 11.6. The molecule has 30 aromatic rings. The topological polar surface area (TPSA) is 158 Å². The lowest BCUT2D eigenvalue weighted by atomic mass is 10.0. The first-order valence-electron chi connectivity index (χ1n) is 49.6. The molecular weight excluding hydrogens is 1810 g/mol. The third-order valence-corrected chi connectivity index (χ3v) is 28.4. The number of rotatable bonds is 14. The molecule has 0 N–H and O–H groups in total. The van der Waals surface area contributed by atoms with Crippen molar-refractivity contribution in [1.82, 2.24) is 77.2 Å². The van der Waals surface area contributed by atoms with Gasteiger partial charge in [0.25, 0.3) is 0 Å². The van der Waals surface area contributed by atoms with Gasteiger partial charge in [-0.15, -0.1) is 0 Å². The summed E-state index contributed by atoms with van der Waals surface area (Å²) in [6.07, 6.45) is 5.60. The Kier molecular flexibility index (Phi) is 20.8. The molecule has 18 aromatic carbocycles. The molecule has 0 aliphatic carbocycles. The van der Waals surface area contributed by atoms with E-state index in [1.807, 2.05) is 152 Å². The Bertz CT molecular complexity index is 9910. The van der Waals surface area contributed by atoms with Gasteiger partial charge in [-0.3, -0.25) is 28.7 Å². The fraction of sp³-hybridized carbons (Fsp3) is 0. The van der Waals surface area contributed by atoms with E-state index >= 15 is 0 Å². The van der Waals surface area contributed by atoms with E-state index in [0.717, 1.165) is 194 Å². The Balaban J connectivity index is 0.000000107. The second-order valence-electron chi connectivity index (χ2n) is 37.0. The van der Waals surface area contributed by atoms with Crippen molar-refractivity contribution in [1.29, 1.82) is 0 Å². The summed E-state index contributed by atoms with van der Waals surface area (Å²) in [7, 11) is 0. The lowest BCUT2D eigenvalue weighted by molar-refractivity contribution is 0.953. The van der Waals surface area contributed by atoms with E-state index in [4.69, 9.17) is 49.8 Å². The maximum atomic E-state index is 5.23. The predicted molar refractivity (Wildman–Crippen MR) is 604 cm³/mol. The zero-order chi connectivity index (χ0) is 97.6. The highest BCUT2D eigenvalue weighted by Crippen LogP contribution is 2.45. The van der Waals surface area contributed by atoms with Crippen LogP contribution in [0.1, 0.15) is 0 Å². The van der Waals surface area contributed by atoms with E-state index < -0.39 is 0 Å². The number of para-hydroxylation sites is 7. The van der Waals surface area contributed by atoms with Gasteiger partial charge < -0.3 is 13.7 Å². The van der Waals surface area contributed by atoms with Gasteiger partial charge in [0, 0.05) is 123 Å². The van der Waals surface area contributed by atoms with Crippen LogP contribution in [0.4, 0.5) is 0 Å². The largest absolute Gasteiger partial charge is 0.309 e. The molecule has 0 saturated carbocycles. The molecule has 0 aliphatic heterocycles. The second-order valence-corrected chi connectivity index (χ2v) is 37.0. The van der Waals surface area contributed by atoms with Crippen LogP contribution in [-0.2, 0) is 0 Å². The molecule has 12 aromatic heterocycles. The molecule has 0 fully saturated rings. The average Bonchev–Trinajstić information content (AvgIpc) is 1.57. The monoisotopic (exact) mass is 1890 g/mol. The minimum Gasteiger partial charge on any atom is -0.309 e. The van der Waals surface area contributed by atoms with Crippen molar-refractivity contribution in [2.45, 2.75) is 0 Å². The molecule has 0 atom stereocenters. The first-order valence-corrected chi connectivity index (χ1v) is 49.6. The van der Waals surface area contributed by atoms with Crippen LogP contribution in [0.5, 0.6) is 0 Å². The number of benzene rings is 18. The summed E-state index contributed by atoms with van der Waals surface area (Å²) >= 11 is 0. The maximum absolute atomic E-state index is 5.23. The standard InChI is InChI=1S/C45H29N5.C44H28N6.C43H27N5/c1-4-13-30(14-5-1)38-29-43(48-45(47-38)31-15-6-2-7-16-31)50-41-25-23-33(28-37(41)44-42(50)21-12-26-46-44)32-22-24-40-36(27-32)35-19-10-11-20-39(35)49(40)34-17-8-3-9-18-34;1-4-13-29(14-5-1)42-46-43(30-15-6-2-7-16-30)48-44(47-42)50-39-25-23-32(28-36(39)41-40(50)21-12-26-45-41)31-22-24-38-35(27-31)34-19-10-11-20-37(34)49(38)33-17-8-3-9-18-33;1-3-12-28(13-4-1)41-33-17-7-9-18-36(33)45-43(46-41)48-37-19-10-8-16-32(37)34-26-29(21-23-38(34)48)30-22-24-39-35(27-30)42-40(20-11-25-44-42)47(39)31-14-5-2-6-15-31/h1-29H;1-28H;1-27H. The Labute approximate surface area is 848 Å². The van der Waals surface area contributed by atoms with E-state index in [1.165, 1.54) is 43.6 Å². The number of fused-ring (bicyclic) bond motifs is 19. The fourth-order valence-corrected chi connectivity index (χ4v) is 21.6. The lowest BCUT2D eigenvalue weighted by Gasteiger charge is -2.12. The third kappa shape index (κ3) is 14.8. The van der Waals surface area contributed by atoms with Crippen molar-refractivity contribution in [2.75, 3.05) is 0 Å². The SMILES string of the molecule is c1ccc(-c2cc(-n3c4ccc(-c5ccc6c(c5)c5ccccc5n6-c5ccccc5)cc4c4ncccc43)nc(-c3ccccc3)n2)cc1.c1ccc(-c2nc(-c3ccccc3)nc(-n3c4ccc(-c5ccc6c(c5)c5ccccc5n6-c5ccccc5)cc4c4ncccc43)n2)cc1.c1ccc(-c2nc(-n3c4ccccc4c4cc(-c5ccc6c(c5)c5ncccc5n6-c5ccccc5)ccc43)nc3ccccc23)cc1. The number of nitrogens with zero attached hydrogens (tertiary/aromatic N) is 16. The van der Waals surface area contributed by atoms with Gasteiger partial charge in [0.05, 0.1) is 99.7 Å². The molecule has 0 spiro atoms. The van der Waals surface area contributed by atoms with Gasteiger partial charge in [-0.05, 0) is 203 Å². The number of pyridine rings is 3. The number of aromatic nitrogens is 16. The minimum absolute atomic E-state index is 0.550. The highest BCUT2D eigenvalue weighted by Gasteiger charge is 2.27. The molecule has 12 heterocycles. The molecule has 0 saturated heterocycles. The van der Waals surface area contributed by atoms with Gasteiger partial charge in [-0.2, -0.15) is 9.97 Å². The first-order chi connectivity index (χ1) is 73.4. The molecule has 0 bridgehead atoms. The zero-order valence-corrected chi connectivity index (χ0v) is 79.7. The lowest BCUT2D eigenvalue weighted by Crippen LogP contribution is -2.06. The molecule has 16 nitrogen and oxygen atoms in total. The molecule has 0 amide bonds. The molecule has 0 radical (unpaired) electrons. The Hall–Kier alpha value is -20.4. The fourth-order valence-electron chi connectivity index (χ4n) is 21.6. The molecule has 692 valence electrons. The molecule has 16 heteroatoms. The number of hydrogen-bond acceptors (Lipinski definition) is 10. The van der Waals surface area contributed by atoms with Gasteiger partial charge in [-0.1, -0.05) is 315 Å². The van der Waals surface area contributed by atoms with Crippen molar-refractivity contribution < 1.29 is 0 Å². The highest BCUT2D eigenvalue weighted by atomic mass is 15.2. The zero-order valence-electron chi connectivity index (χ0n) is 79.7. The second kappa shape index (κ2) is 36.0. The van der Waals surface area contributed by atoms with E-state index in [-0.39, 0.29) is 0 Å². The molecule has 30 rings (SSSR count). The van der Waals surface area contributed by atoms with Crippen LogP contribution in [0.3, 0.4) is 0 Å². The van der Waals surface area contributed by atoms with Crippen molar-refractivity contribution in [3.63, 3.8) is 0 Å². The van der Waals surface area contributed by atoms with Crippen LogP contribution in [-0.4, -0.2) is 77.2 Å². The van der Waals surface area contributed by atoms with Crippen LogP contribution in [0.2, 0.25) is 0 Å². The van der Waals surface area contributed by atoms with Crippen LogP contribution < -0.4 is 0 Å². The molecule has 148 heavy (non-hydrogen) atoms. The van der Waals surface area contributed by atoms with Crippen molar-refractivity contribution in [3.8, 4) is 125 Å². The summed E-state index contributed by atoms with van der Waals surface area (Å²) in [5, 5.41) is 11.5. The third-order valence-electron chi connectivity index (χ3n) is 28.4. The van der Waals surface area contributed by atoms with Crippen molar-refractivity contribution in [2.24, 2.45) is 0 Å². The van der Waals surface area contributed by atoms with E-state index in [2.05, 4.69) is 385 Å². The van der Waals surface area contributed by atoms with Gasteiger partial charge in [0.1, 0.15) is 5.82 Å².